The van der Waals surface area contributed by atoms with E-state index in [1.807, 2.05) is 12.1 Å². The van der Waals surface area contributed by atoms with Crippen molar-refractivity contribution in [1.29, 1.82) is 0 Å². The molecule has 0 amide bonds. The minimum atomic E-state index is 0.256. The van der Waals surface area contributed by atoms with Gasteiger partial charge in [-0.25, -0.2) is 89.7 Å². The summed E-state index contributed by atoms with van der Waals surface area (Å²) in [6.45, 7) is 0. The quantitative estimate of drug-likeness (QED) is 0.158. The van der Waals surface area contributed by atoms with Crippen LogP contribution in [0.4, 0.5) is 0 Å². The van der Waals surface area contributed by atoms with Crippen LogP contribution in [0.1, 0.15) is 0 Å². The molecule has 4 aromatic carbocycles. The van der Waals surface area contributed by atoms with E-state index in [0.29, 0.717) is 23.3 Å². The van der Waals surface area contributed by atoms with E-state index in [2.05, 4.69) is 129 Å². The van der Waals surface area contributed by atoms with E-state index in [-0.39, 0.29) is 34.9 Å². The van der Waals surface area contributed by atoms with Gasteiger partial charge in [-0.3, -0.25) is 0 Å². The molecule has 0 N–H and O–H groups in total. The van der Waals surface area contributed by atoms with Crippen LogP contribution in [0.5, 0.6) is 0 Å². The Morgan fingerprint density at radius 3 is 1.27 bits per heavy atom. The van der Waals surface area contributed by atoms with Crippen LogP contribution in [-0.4, -0.2) is 94.1 Å². The summed E-state index contributed by atoms with van der Waals surface area (Å²) in [5.41, 5.74) is 4.62. The second kappa shape index (κ2) is 12.8. The number of rotatable bonds is 6. The summed E-state index contributed by atoms with van der Waals surface area (Å²) in [4.78, 5) is 78.8. The molecule has 12 rings (SSSR count). The molecule has 0 radical (unpaired) electrons. The highest BCUT2D eigenvalue weighted by atomic mass is 15.1. The minimum absolute atomic E-state index is 0.256. The van der Waals surface area contributed by atoms with Crippen molar-refractivity contribution >= 4 is 48.9 Å². The Kier molecular flexibility index (Phi) is 6.99. The van der Waals surface area contributed by atoms with Gasteiger partial charge in [-0.1, -0.05) is 36.4 Å². The highest BCUT2D eigenvalue weighted by Crippen LogP contribution is 2.43. The van der Waals surface area contributed by atoms with Gasteiger partial charge in [-0.15, -0.1) is 0 Å². The first-order valence-corrected chi connectivity index (χ1v) is 17.9. The summed E-state index contributed by atoms with van der Waals surface area (Å²) < 4.78 is 2.31. The molecule has 274 valence electrons. The molecule has 0 bridgehead atoms. The summed E-state index contributed by atoms with van der Waals surface area (Å²) >= 11 is 0. The number of benzene rings is 4. The van der Waals surface area contributed by atoms with E-state index >= 15 is 0 Å². The molecule has 19 nitrogen and oxygen atoms in total. The van der Waals surface area contributed by atoms with Crippen LogP contribution in [0.3, 0.4) is 0 Å². The van der Waals surface area contributed by atoms with Crippen molar-refractivity contribution in [3.8, 4) is 69.4 Å². The molecule has 59 heavy (non-hydrogen) atoms. The highest BCUT2D eigenvalue weighted by molar-refractivity contribution is 6.28. The molecule has 8 aromatic heterocycles. The van der Waals surface area contributed by atoms with Gasteiger partial charge in [0.05, 0.1) is 16.6 Å². The summed E-state index contributed by atoms with van der Waals surface area (Å²) in [6, 6.07) is 23.0. The zero-order chi connectivity index (χ0) is 38.9. The SMILES string of the molecule is c1cc2c(-c3nc(-c4ncncn4)nc(-c4ncncn4)n3)ccc3c2c(c1)c1cccc2c4cc(-c5nc(-c6ncncn6)nc(-c6ncncn6)n5)ccc4n3c12. The summed E-state index contributed by atoms with van der Waals surface area (Å²) in [6.07, 6.45) is 11.2. The van der Waals surface area contributed by atoms with Gasteiger partial charge in [0.2, 0.25) is 46.6 Å². The molecule has 0 fully saturated rings. The Morgan fingerprint density at radius 2 is 0.746 bits per heavy atom. The second-order valence-electron chi connectivity index (χ2n) is 13.1. The number of hydrogen-bond acceptors (Lipinski definition) is 18. The Balaban J connectivity index is 1.08. The Morgan fingerprint density at radius 1 is 0.322 bits per heavy atom. The molecule has 0 aliphatic carbocycles. The third kappa shape index (κ3) is 5.15. The molecule has 0 unspecified atom stereocenters. The molecule has 19 heteroatoms. The monoisotopic (exact) mass is 765 g/mol. The van der Waals surface area contributed by atoms with Crippen molar-refractivity contribution in [2.24, 2.45) is 0 Å². The first kappa shape index (κ1) is 32.3. The lowest BCUT2D eigenvalue weighted by Crippen LogP contribution is -2.05. The number of para-hydroxylation sites is 1. The number of hydrogen-bond donors (Lipinski definition) is 0. The van der Waals surface area contributed by atoms with Crippen molar-refractivity contribution in [2.75, 3.05) is 0 Å². The van der Waals surface area contributed by atoms with Gasteiger partial charge in [0.25, 0.3) is 0 Å². The molecule has 12 aromatic rings. The molecular formula is C40H19N19. The molecule has 0 aliphatic rings. The minimum Gasteiger partial charge on any atom is -0.308 e. The average molecular weight is 766 g/mol. The molecule has 0 atom stereocenters. The van der Waals surface area contributed by atoms with E-state index in [1.165, 1.54) is 50.6 Å². The zero-order valence-electron chi connectivity index (χ0n) is 30.0. The van der Waals surface area contributed by atoms with Crippen LogP contribution in [0, 0.1) is 0 Å². The third-order valence-corrected chi connectivity index (χ3v) is 9.88. The molecule has 0 spiro atoms. The van der Waals surface area contributed by atoms with Gasteiger partial charge in [0.1, 0.15) is 50.6 Å². The molecule has 0 saturated heterocycles. The van der Waals surface area contributed by atoms with Crippen molar-refractivity contribution in [3.05, 3.63) is 117 Å². The summed E-state index contributed by atoms with van der Waals surface area (Å²) in [7, 11) is 0. The van der Waals surface area contributed by atoms with Gasteiger partial charge in [-0.05, 0) is 41.1 Å². The first-order chi connectivity index (χ1) is 29.2. The number of pyridine rings is 1. The van der Waals surface area contributed by atoms with Crippen molar-refractivity contribution < 1.29 is 0 Å². The van der Waals surface area contributed by atoms with Crippen LogP contribution >= 0.6 is 0 Å². The van der Waals surface area contributed by atoms with E-state index in [4.69, 9.17) is 19.9 Å². The van der Waals surface area contributed by atoms with Gasteiger partial charge in [-0.2, -0.15) is 0 Å². The highest BCUT2D eigenvalue weighted by Gasteiger charge is 2.23. The maximum absolute atomic E-state index is 4.87. The fourth-order valence-electron chi connectivity index (χ4n) is 7.49. The fourth-order valence-corrected chi connectivity index (χ4v) is 7.49. The van der Waals surface area contributed by atoms with Crippen molar-refractivity contribution in [1.82, 2.24) is 94.1 Å². The van der Waals surface area contributed by atoms with E-state index in [9.17, 15) is 0 Å². The fraction of sp³-hybridized carbons (Fsp3) is 0. The third-order valence-electron chi connectivity index (χ3n) is 9.88. The number of aromatic nitrogens is 19. The molecular weight excluding hydrogens is 747 g/mol. The molecule has 8 heterocycles. The maximum atomic E-state index is 4.87. The van der Waals surface area contributed by atoms with Crippen LogP contribution in [-0.2, 0) is 0 Å². The second-order valence-corrected chi connectivity index (χ2v) is 13.1. The van der Waals surface area contributed by atoms with Gasteiger partial charge in [0, 0.05) is 32.7 Å². The van der Waals surface area contributed by atoms with E-state index in [1.54, 1.807) is 0 Å². The summed E-state index contributed by atoms with van der Waals surface area (Å²) in [5, 5.41) is 6.21. The lowest BCUT2D eigenvalue weighted by atomic mass is 9.96. The Bertz CT molecular complexity index is 3440. The summed E-state index contributed by atoms with van der Waals surface area (Å²) in [5.74, 6) is 3.00. The van der Waals surface area contributed by atoms with Crippen LogP contribution in [0.25, 0.3) is 118 Å². The van der Waals surface area contributed by atoms with Crippen LogP contribution in [0.15, 0.2) is 117 Å². The number of fused-ring (bicyclic) bond motifs is 5. The van der Waals surface area contributed by atoms with Gasteiger partial charge >= 0.3 is 0 Å². The van der Waals surface area contributed by atoms with E-state index in [0.717, 1.165) is 60.0 Å². The molecule has 0 aliphatic heterocycles. The smallest absolute Gasteiger partial charge is 0.202 e. The average Bonchev–Trinajstić information content (AvgIpc) is 3.66. The van der Waals surface area contributed by atoms with E-state index < -0.39 is 0 Å². The first-order valence-electron chi connectivity index (χ1n) is 17.9. The maximum Gasteiger partial charge on any atom is 0.202 e. The lowest BCUT2D eigenvalue weighted by Gasteiger charge is -2.15. The van der Waals surface area contributed by atoms with Crippen LogP contribution < -0.4 is 0 Å². The largest absolute Gasteiger partial charge is 0.308 e. The Hall–Kier alpha value is -9.00. The van der Waals surface area contributed by atoms with Gasteiger partial charge in [0.15, 0.2) is 11.6 Å². The van der Waals surface area contributed by atoms with Gasteiger partial charge < -0.3 is 4.40 Å². The van der Waals surface area contributed by atoms with Crippen LogP contribution in [0.2, 0.25) is 0 Å². The topological polar surface area (TPSA) is 236 Å². The zero-order valence-corrected chi connectivity index (χ0v) is 30.0. The lowest BCUT2D eigenvalue weighted by molar-refractivity contribution is 0.967. The van der Waals surface area contributed by atoms with Crippen molar-refractivity contribution in [2.45, 2.75) is 0 Å². The Labute approximate surface area is 329 Å². The number of nitrogens with zero attached hydrogens (tertiary/aromatic N) is 19. The predicted octanol–water partition coefficient (Wildman–Crippen LogP) is 5.10. The predicted molar refractivity (Wildman–Crippen MR) is 212 cm³/mol. The molecule has 0 saturated carbocycles. The normalized spacial score (nSPS) is 11.7. The van der Waals surface area contributed by atoms with Crippen molar-refractivity contribution in [3.63, 3.8) is 0 Å². The standard InChI is InChI=1S/C40H19N19/c1-3-21-23-5-2-6-24-26-11-20(31-53-37(33-45-12-41-13-46-33)57-38(54-31)34-47-14-42-15-48-34)7-9-27(26)59(30(23)24)28-10-8-25(22(4-1)29(21)28)32-55-39(35-49-16-43-17-50-35)58-40(56-32)36-51-18-44-19-52-36/h1-19H.